The van der Waals surface area contributed by atoms with E-state index in [2.05, 4.69) is 66.4 Å². The molecule has 4 rings (SSSR count). The topological polar surface area (TPSA) is 12.0 Å². The highest BCUT2D eigenvalue weighted by Crippen LogP contribution is 2.67. The second-order valence-corrected chi connectivity index (χ2v) is 15.8. The Morgan fingerprint density at radius 1 is 0.974 bits per heavy atom. The van der Waals surface area contributed by atoms with E-state index < -0.39 is 0 Å². The van der Waals surface area contributed by atoms with Crippen molar-refractivity contribution in [2.75, 3.05) is 6.54 Å². The molecule has 0 aliphatic heterocycles. The average Bonchev–Trinajstić information content (AvgIpc) is 3.23. The Morgan fingerprint density at radius 2 is 1.76 bits per heavy atom. The van der Waals surface area contributed by atoms with Gasteiger partial charge in [-0.05, 0) is 129 Å². The zero-order chi connectivity index (χ0) is 27.5. The van der Waals surface area contributed by atoms with E-state index in [1.807, 2.05) is 5.57 Å². The van der Waals surface area contributed by atoms with E-state index in [4.69, 9.17) is 0 Å². The van der Waals surface area contributed by atoms with Crippen molar-refractivity contribution in [2.24, 2.45) is 58.2 Å². The van der Waals surface area contributed by atoms with Crippen molar-refractivity contribution in [3.63, 3.8) is 0 Å². The normalized spacial score (nSPS) is 38.1. The van der Waals surface area contributed by atoms with Gasteiger partial charge in [0.1, 0.15) is 0 Å². The SMILES string of the molecule is C=C(C[C@H]1CC[C@@]2(C)C(=CCC3C4CCC([C@H](C)CCCC(C)C)[C@@]4(C)CCC32)C1)NCCCC(C)CC. The molecule has 1 nitrogen and oxygen atoms in total. The molecule has 1 N–H and O–H groups in total. The maximum atomic E-state index is 4.43. The lowest BCUT2D eigenvalue weighted by Crippen LogP contribution is -2.50. The molecule has 9 atom stereocenters. The highest BCUT2D eigenvalue weighted by atomic mass is 14.9. The van der Waals surface area contributed by atoms with Crippen LogP contribution >= 0.6 is 0 Å². The van der Waals surface area contributed by atoms with Crippen LogP contribution in [0.5, 0.6) is 0 Å². The third-order valence-electron chi connectivity index (χ3n) is 12.9. The smallest absolute Gasteiger partial charge is 0.0143 e. The highest BCUT2D eigenvalue weighted by molar-refractivity contribution is 5.25. The summed E-state index contributed by atoms with van der Waals surface area (Å²) < 4.78 is 0. The van der Waals surface area contributed by atoms with Crippen molar-refractivity contribution in [3.05, 3.63) is 23.9 Å². The van der Waals surface area contributed by atoms with Crippen LogP contribution in [0.3, 0.4) is 0 Å². The van der Waals surface area contributed by atoms with Gasteiger partial charge in [-0.15, -0.1) is 0 Å². The summed E-state index contributed by atoms with van der Waals surface area (Å²) in [5, 5.41) is 3.68. The Labute approximate surface area is 238 Å². The van der Waals surface area contributed by atoms with E-state index in [-0.39, 0.29) is 0 Å². The Kier molecular flexibility index (Phi) is 10.2. The second-order valence-electron chi connectivity index (χ2n) is 15.8. The van der Waals surface area contributed by atoms with Gasteiger partial charge in [0.15, 0.2) is 0 Å². The van der Waals surface area contributed by atoms with Crippen LogP contribution in [0.1, 0.15) is 145 Å². The number of hydrogen-bond donors (Lipinski definition) is 1. The van der Waals surface area contributed by atoms with E-state index in [0.29, 0.717) is 10.8 Å². The molecule has 0 aromatic rings. The maximum Gasteiger partial charge on any atom is 0.0143 e. The molecule has 218 valence electrons. The van der Waals surface area contributed by atoms with Gasteiger partial charge >= 0.3 is 0 Å². The predicted octanol–water partition coefficient (Wildman–Crippen LogP) is 11.0. The minimum atomic E-state index is 0.479. The molecule has 0 bridgehead atoms. The van der Waals surface area contributed by atoms with Gasteiger partial charge in [0.2, 0.25) is 0 Å². The fourth-order valence-corrected chi connectivity index (χ4v) is 10.3. The molecule has 4 aliphatic carbocycles. The second kappa shape index (κ2) is 12.9. The van der Waals surface area contributed by atoms with Crippen LogP contribution in [0, 0.1) is 58.2 Å². The molecule has 0 aromatic carbocycles. The number of rotatable bonds is 13. The molecule has 0 radical (unpaired) electrons. The van der Waals surface area contributed by atoms with Gasteiger partial charge in [-0.3, -0.25) is 0 Å². The average molecular weight is 524 g/mol. The van der Waals surface area contributed by atoms with E-state index in [9.17, 15) is 0 Å². The number of fused-ring (bicyclic) bond motifs is 5. The first-order chi connectivity index (χ1) is 18.1. The van der Waals surface area contributed by atoms with Gasteiger partial charge in [-0.25, -0.2) is 0 Å². The summed E-state index contributed by atoms with van der Waals surface area (Å²) in [5.41, 5.74) is 4.23. The quantitative estimate of drug-likeness (QED) is 0.187. The van der Waals surface area contributed by atoms with Crippen LogP contribution in [0.2, 0.25) is 0 Å². The van der Waals surface area contributed by atoms with Crippen molar-refractivity contribution in [3.8, 4) is 0 Å². The first-order valence-electron chi connectivity index (χ1n) is 17.2. The van der Waals surface area contributed by atoms with Crippen LogP contribution in [0.4, 0.5) is 0 Å². The Hall–Kier alpha value is -0.720. The van der Waals surface area contributed by atoms with Crippen molar-refractivity contribution < 1.29 is 0 Å². The molecule has 3 saturated carbocycles. The van der Waals surface area contributed by atoms with E-state index in [1.54, 1.807) is 0 Å². The first kappa shape index (κ1) is 30.2. The lowest BCUT2D eigenvalue weighted by molar-refractivity contribution is -0.0527. The fourth-order valence-electron chi connectivity index (χ4n) is 10.3. The van der Waals surface area contributed by atoms with Crippen molar-refractivity contribution in [2.45, 2.75) is 145 Å². The predicted molar refractivity (Wildman–Crippen MR) is 167 cm³/mol. The molecule has 4 aliphatic rings. The van der Waals surface area contributed by atoms with Crippen LogP contribution in [-0.2, 0) is 0 Å². The highest BCUT2D eigenvalue weighted by Gasteiger charge is 2.59. The Morgan fingerprint density at radius 3 is 2.50 bits per heavy atom. The van der Waals surface area contributed by atoms with Gasteiger partial charge in [-0.2, -0.15) is 0 Å². The first-order valence-corrected chi connectivity index (χ1v) is 17.2. The zero-order valence-corrected chi connectivity index (χ0v) is 26.7. The monoisotopic (exact) mass is 524 g/mol. The molecule has 0 amide bonds. The summed E-state index contributed by atoms with van der Waals surface area (Å²) >= 11 is 0. The van der Waals surface area contributed by atoms with Gasteiger partial charge in [0.25, 0.3) is 0 Å². The lowest BCUT2D eigenvalue weighted by atomic mass is 9.46. The van der Waals surface area contributed by atoms with Crippen LogP contribution in [0.25, 0.3) is 0 Å². The number of nitrogens with one attached hydrogen (secondary N) is 1. The van der Waals surface area contributed by atoms with Gasteiger partial charge in [0.05, 0.1) is 0 Å². The van der Waals surface area contributed by atoms with Crippen molar-refractivity contribution in [1.82, 2.24) is 5.32 Å². The van der Waals surface area contributed by atoms with Gasteiger partial charge in [-0.1, -0.05) is 92.4 Å². The molecule has 0 aromatic heterocycles. The van der Waals surface area contributed by atoms with Crippen LogP contribution < -0.4 is 5.32 Å². The Bertz CT molecular complexity index is 808. The van der Waals surface area contributed by atoms with Crippen LogP contribution in [-0.4, -0.2) is 6.54 Å². The molecule has 1 heteroatoms. The maximum absolute atomic E-state index is 4.43. The third kappa shape index (κ3) is 6.43. The summed E-state index contributed by atoms with van der Waals surface area (Å²) in [5.74, 6) is 7.28. The summed E-state index contributed by atoms with van der Waals surface area (Å²) in [7, 11) is 0. The van der Waals surface area contributed by atoms with E-state index in [1.165, 1.54) is 102 Å². The van der Waals surface area contributed by atoms with Crippen molar-refractivity contribution >= 4 is 0 Å². The van der Waals surface area contributed by atoms with E-state index >= 15 is 0 Å². The molecule has 38 heavy (non-hydrogen) atoms. The molecule has 3 fully saturated rings. The lowest BCUT2D eigenvalue weighted by Gasteiger charge is -2.58. The van der Waals surface area contributed by atoms with Gasteiger partial charge in [0, 0.05) is 12.2 Å². The number of allylic oxidation sites excluding steroid dienone is 3. The molecule has 0 spiro atoms. The van der Waals surface area contributed by atoms with E-state index in [0.717, 1.165) is 53.9 Å². The summed E-state index contributed by atoms with van der Waals surface area (Å²) in [4.78, 5) is 0. The minimum absolute atomic E-state index is 0.479. The molecule has 0 saturated heterocycles. The molecular weight excluding hydrogens is 458 g/mol. The molecular formula is C37H65N. The van der Waals surface area contributed by atoms with Crippen LogP contribution in [0.15, 0.2) is 23.9 Å². The minimum Gasteiger partial charge on any atom is -0.389 e. The Balaban J connectivity index is 1.33. The summed E-state index contributed by atoms with van der Waals surface area (Å²) in [6.07, 6.45) is 23.8. The standard InChI is InChI=1S/C37H65N/c1-9-27(4)13-11-23-38-29(6)24-30-19-21-36(7)31(25-30)15-16-32-34-18-17-33(28(5)14-10-12-26(2)3)37(34,8)22-20-35(32)36/h15,26-28,30,32-35,38H,6,9-14,16-25H2,1-5,7-8H3/t27?,28-,30-,32?,33?,34?,35?,36+,37-/m1/s1. The molecule has 0 heterocycles. The fraction of sp³-hybridized carbons (Fsp3) is 0.892. The zero-order valence-electron chi connectivity index (χ0n) is 26.7. The van der Waals surface area contributed by atoms with Crippen molar-refractivity contribution in [1.29, 1.82) is 0 Å². The largest absolute Gasteiger partial charge is 0.389 e. The third-order valence-corrected chi connectivity index (χ3v) is 12.9. The molecule has 5 unspecified atom stereocenters. The number of hydrogen-bond acceptors (Lipinski definition) is 1. The summed E-state index contributed by atoms with van der Waals surface area (Å²) in [6.45, 7) is 23.1. The summed E-state index contributed by atoms with van der Waals surface area (Å²) in [6, 6.07) is 0. The van der Waals surface area contributed by atoms with Gasteiger partial charge < -0.3 is 5.32 Å².